The fourth-order valence-electron chi connectivity index (χ4n) is 1.76. The van der Waals surface area contributed by atoms with E-state index < -0.39 is 11.7 Å². The third kappa shape index (κ3) is 3.91. The molecule has 6 heteroatoms. The van der Waals surface area contributed by atoms with E-state index in [1.807, 2.05) is 0 Å². The second-order valence-corrected chi connectivity index (χ2v) is 4.36. The third-order valence-corrected chi connectivity index (χ3v) is 2.74. The van der Waals surface area contributed by atoms with Crippen molar-refractivity contribution in [1.29, 1.82) is 0 Å². The Morgan fingerprint density at radius 1 is 1.52 bits per heavy atom. The van der Waals surface area contributed by atoms with Crippen LogP contribution in [0.4, 0.5) is 4.39 Å². The molecule has 1 amide bonds. The Kier molecular flexibility index (Phi) is 4.69. The highest BCUT2D eigenvalue weighted by molar-refractivity contribution is 5.94. The SMILES string of the molecule is Cn1cc(CNC(=O)c2ccc(C#CCO)cc2F)cn1. The highest BCUT2D eigenvalue weighted by atomic mass is 19.1. The van der Waals surface area contributed by atoms with Crippen molar-refractivity contribution in [3.8, 4) is 11.8 Å². The van der Waals surface area contributed by atoms with Gasteiger partial charge < -0.3 is 10.4 Å². The maximum atomic E-state index is 13.9. The molecule has 1 aromatic carbocycles. The molecule has 0 aliphatic carbocycles. The summed E-state index contributed by atoms with van der Waals surface area (Å²) in [5.74, 6) is 3.85. The molecule has 0 aliphatic heterocycles. The number of carbonyl (C=O) groups is 1. The number of aliphatic hydroxyl groups is 1. The quantitative estimate of drug-likeness (QED) is 0.822. The van der Waals surface area contributed by atoms with Crippen LogP contribution in [0.15, 0.2) is 30.6 Å². The van der Waals surface area contributed by atoms with Gasteiger partial charge in [0.25, 0.3) is 5.91 Å². The average molecular weight is 287 g/mol. The smallest absolute Gasteiger partial charge is 0.254 e. The Labute approximate surface area is 121 Å². The summed E-state index contributed by atoms with van der Waals surface area (Å²) in [5.41, 5.74) is 1.19. The molecule has 2 rings (SSSR count). The Balaban J connectivity index is 2.05. The van der Waals surface area contributed by atoms with E-state index in [4.69, 9.17) is 5.11 Å². The van der Waals surface area contributed by atoms with E-state index in [9.17, 15) is 9.18 Å². The maximum absolute atomic E-state index is 13.9. The topological polar surface area (TPSA) is 67.2 Å². The first-order valence-electron chi connectivity index (χ1n) is 6.25. The van der Waals surface area contributed by atoms with Crippen LogP contribution in [0.5, 0.6) is 0 Å². The lowest BCUT2D eigenvalue weighted by Crippen LogP contribution is -2.23. The van der Waals surface area contributed by atoms with Gasteiger partial charge in [0.2, 0.25) is 0 Å². The summed E-state index contributed by atoms with van der Waals surface area (Å²) in [5, 5.41) is 15.2. The Morgan fingerprint density at radius 2 is 2.33 bits per heavy atom. The summed E-state index contributed by atoms with van der Waals surface area (Å²) < 4.78 is 15.5. The summed E-state index contributed by atoms with van der Waals surface area (Å²) in [6.45, 7) is -0.0207. The lowest BCUT2D eigenvalue weighted by molar-refractivity contribution is 0.0947. The molecule has 2 N–H and O–H groups in total. The number of halogens is 1. The van der Waals surface area contributed by atoms with Crippen molar-refractivity contribution in [3.05, 3.63) is 53.1 Å². The van der Waals surface area contributed by atoms with Crippen LogP contribution in [0.2, 0.25) is 0 Å². The molecule has 0 saturated carbocycles. The summed E-state index contributed by atoms with van der Waals surface area (Å²) in [6.07, 6.45) is 3.40. The molecular formula is C15H14FN3O2. The molecule has 1 heterocycles. The number of benzene rings is 1. The third-order valence-electron chi connectivity index (χ3n) is 2.74. The van der Waals surface area contributed by atoms with Gasteiger partial charge in [-0.25, -0.2) is 4.39 Å². The molecule has 108 valence electrons. The standard InChI is InChI=1S/C15H14FN3O2/c1-19-10-12(9-18-19)8-17-15(21)13-5-4-11(3-2-6-20)7-14(13)16/h4-5,7,9-10,20H,6,8H2,1H3,(H,17,21). The Morgan fingerprint density at radius 3 is 2.95 bits per heavy atom. The van der Waals surface area contributed by atoms with Crippen molar-refractivity contribution in [3.63, 3.8) is 0 Å². The summed E-state index contributed by atoms with van der Waals surface area (Å²) >= 11 is 0. The molecule has 0 bridgehead atoms. The molecule has 1 aromatic heterocycles. The first-order valence-corrected chi connectivity index (χ1v) is 6.25. The van der Waals surface area contributed by atoms with Gasteiger partial charge in [-0.05, 0) is 18.2 Å². The van der Waals surface area contributed by atoms with Crippen molar-refractivity contribution in [1.82, 2.24) is 15.1 Å². The number of nitrogens with one attached hydrogen (secondary N) is 1. The normalized spacial score (nSPS) is 9.86. The van der Waals surface area contributed by atoms with E-state index in [0.29, 0.717) is 5.56 Å². The van der Waals surface area contributed by atoms with Crippen LogP contribution in [-0.2, 0) is 13.6 Å². The minimum Gasteiger partial charge on any atom is -0.384 e. The second-order valence-electron chi connectivity index (χ2n) is 4.36. The number of aromatic nitrogens is 2. The monoisotopic (exact) mass is 287 g/mol. The summed E-state index contributed by atoms with van der Waals surface area (Å²) in [7, 11) is 1.77. The molecule has 21 heavy (non-hydrogen) atoms. The van der Waals surface area contributed by atoms with E-state index in [-0.39, 0.29) is 18.7 Å². The van der Waals surface area contributed by atoms with Gasteiger partial charge in [-0.1, -0.05) is 11.8 Å². The van der Waals surface area contributed by atoms with Gasteiger partial charge in [0, 0.05) is 30.9 Å². The number of rotatable bonds is 3. The van der Waals surface area contributed by atoms with Gasteiger partial charge in [-0.2, -0.15) is 5.10 Å². The lowest BCUT2D eigenvalue weighted by atomic mass is 10.1. The fourth-order valence-corrected chi connectivity index (χ4v) is 1.76. The highest BCUT2D eigenvalue weighted by Gasteiger charge is 2.11. The van der Waals surface area contributed by atoms with E-state index in [1.165, 1.54) is 18.2 Å². The Hall–Kier alpha value is -2.65. The van der Waals surface area contributed by atoms with Crippen LogP contribution >= 0.6 is 0 Å². The zero-order valence-corrected chi connectivity index (χ0v) is 11.4. The minimum absolute atomic E-state index is 0.0477. The predicted molar refractivity (Wildman–Crippen MR) is 74.7 cm³/mol. The van der Waals surface area contributed by atoms with Crippen LogP contribution in [0.1, 0.15) is 21.5 Å². The van der Waals surface area contributed by atoms with Crippen LogP contribution < -0.4 is 5.32 Å². The van der Waals surface area contributed by atoms with Gasteiger partial charge in [0.1, 0.15) is 12.4 Å². The zero-order valence-electron chi connectivity index (χ0n) is 11.4. The van der Waals surface area contributed by atoms with E-state index in [2.05, 4.69) is 22.3 Å². The predicted octanol–water partition coefficient (Wildman–Crippen LogP) is 0.833. The molecule has 0 aliphatic rings. The summed E-state index contributed by atoms with van der Waals surface area (Å²) in [6, 6.07) is 4.07. The van der Waals surface area contributed by atoms with Crippen molar-refractivity contribution in [2.75, 3.05) is 6.61 Å². The van der Waals surface area contributed by atoms with Crippen molar-refractivity contribution in [2.45, 2.75) is 6.54 Å². The van der Waals surface area contributed by atoms with E-state index in [0.717, 1.165) is 5.56 Å². The average Bonchev–Trinajstić information content (AvgIpc) is 2.88. The van der Waals surface area contributed by atoms with Gasteiger partial charge in [-0.15, -0.1) is 0 Å². The highest BCUT2D eigenvalue weighted by Crippen LogP contribution is 2.10. The molecule has 0 fully saturated rings. The van der Waals surface area contributed by atoms with E-state index in [1.54, 1.807) is 24.1 Å². The van der Waals surface area contributed by atoms with Gasteiger partial charge in [-0.3, -0.25) is 9.48 Å². The minimum atomic E-state index is -0.650. The van der Waals surface area contributed by atoms with E-state index >= 15 is 0 Å². The van der Waals surface area contributed by atoms with Gasteiger partial charge in [0.05, 0.1) is 11.8 Å². The van der Waals surface area contributed by atoms with Crippen LogP contribution in [-0.4, -0.2) is 27.4 Å². The fraction of sp³-hybridized carbons (Fsp3) is 0.200. The number of nitrogens with zero attached hydrogens (tertiary/aromatic N) is 2. The maximum Gasteiger partial charge on any atom is 0.254 e. The first-order chi connectivity index (χ1) is 10.1. The van der Waals surface area contributed by atoms with Crippen LogP contribution in [0, 0.1) is 17.7 Å². The van der Waals surface area contributed by atoms with Crippen molar-refractivity contribution < 1.29 is 14.3 Å². The lowest BCUT2D eigenvalue weighted by Gasteiger charge is -2.05. The molecule has 5 nitrogen and oxygen atoms in total. The van der Waals surface area contributed by atoms with Crippen LogP contribution in [0.3, 0.4) is 0 Å². The molecule has 0 spiro atoms. The first kappa shape index (κ1) is 14.8. The summed E-state index contributed by atoms with van der Waals surface area (Å²) in [4.78, 5) is 11.9. The second kappa shape index (κ2) is 6.68. The van der Waals surface area contributed by atoms with Crippen molar-refractivity contribution in [2.24, 2.45) is 7.05 Å². The Bertz CT molecular complexity index is 713. The largest absolute Gasteiger partial charge is 0.384 e. The molecule has 0 atom stereocenters. The van der Waals surface area contributed by atoms with Crippen LogP contribution in [0.25, 0.3) is 0 Å². The number of hydrogen-bond acceptors (Lipinski definition) is 3. The number of amides is 1. The van der Waals surface area contributed by atoms with Gasteiger partial charge >= 0.3 is 0 Å². The molecular weight excluding hydrogens is 273 g/mol. The molecule has 0 unspecified atom stereocenters. The number of hydrogen-bond donors (Lipinski definition) is 2. The number of aryl methyl sites for hydroxylation is 1. The molecule has 0 saturated heterocycles. The molecule has 2 aromatic rings. The van der Waals surface area contributed by atoms with Crippen molar-refractivity contribution >= 4 is 5.91 Å². The number of carbonyl (C=O) groups excluding carboxylic acids is 1. The zero-order chi connectivity index (χ0) is 15.2. The molecule has 0 radical (unpaired) electrons. The number of aliphatic hydroxyl groups excluding tert-OH is 1. The van der Waals surface area contributed by atoms with Gasteiger partial charge in [0.15, 0.2) is 0 Å².